The number of thiophene rings is 1. The lowest BCUT2D eigenvalue weighted by Crippen LogP contribution is -2.05. The summed E-state index contributed by atoms with van der Waals surface area (Å²) < 4.78 is 20.3. The Hall–Kier alpha value is -2.41. The average Bonchev–Trinajstić information content (AvgIpc) is 3.06. The van der Waals surface area contributed by atoms with Crippen molar-refractivity contribution in [3.63, 3.8) is 0 Å². The number of hydrogen-bond acceptors (Lipinski definition) is 4. The number of anilines is 1. The molecule has 4 nitrogen and oxygen atoms in total. The summed E-state index contributed by atoms with van der Waals surface area (Å²) in [5.74, 6) is 0.165. The second kappa shape index (κ2) is 5.59. The maximum atomic E-state index is 11.2. The topological polar surface area (TPSA) is 69.6 Å². The lowest BCUT2D eigenvalue weighted by atomic mass is 9.90. The van der Waals surface area contributed by atoms with Crippen LogP contribution in [0.3, 0.4) is 0 Å². The van der Waals surface area contributed by atoms with Crippen LogP contribution in [-0.2, 0) is 11.1 Å². The Kier molecular flexibility index (Phi) is 3.53. The maximum Gasteiger partial charge on any atom is 0.186 e. The van der Waals surface area contributed by atoms with Crippen LogP contribution in [0.1, 0.15) is 4.88 Å². The van der Waals surface area contributed by atoms with Gasteiger partial charge in [-0.3, -0.25) is 0 Å². The van der Waals surface area contributed by atoms with Crippen LogP contribution in [0.15, 0.2) is 59.3 Å². The van der Waals surface area contributed by atoms with Gasteiger partial charge in [0.15, 0.2) is 11.1 Å². The van der Waals surface area contributed by atoms with Gasteiger partial charge in [-0.2, -0.15) is 0 Å². The summed E-state index contributed by atoms with van der Waals surface area (Å²) in [5.41, 5.74) is 5.15. The Morgan fingerprint density at radius 1 is 1.04 bits per heavy atom. The molecule has 3 aromatic rings. The van der Waals surface area contributed by atoms with Crippen molar-refractivity contribution in [1.82, 2.24) is 0 Å². The molecule has 1 aliphatic heterocycles. The number of rotatable bonds is 2. The predicted molar refractivity (Wildman–Crippen MR) is 98.5 cm³/mol. The molecule has 4 rings (SSSR count). The third-order valence-corrected chi connectivity index (χ3v) is 5.67. The number of phenolic OH excluding ortho intramolecular Hbond substituents is 1. The highest BCUT2D eigenvalue weighted by atomic mass is 32.2. The molecule has 0 amide bonds. The Morgan fingerprint density at radius 3 is 2.50 bits per heavy atom. The van der Waals surface area contributed by atoms with Crippen molar-refractivity contribution in [2.24, 2.45) is 0 Å². The minimum Gasteiger partial charge on any atom is -0.507 e. The largest absolute Gasteiger partial charge is 0.507 e. The second-order valence-electron chi connectivity index (χ2n) is 5.42. The second-order valence-corrected chi connectivity index (χ2v) is 7.31. The van der Waals surface area contributed by atoms with Crippen LogP contribution in [-0.4, -0.2) is 13.9 Å². The van der Waals surface area contributed by atoms with Crippen LogP contribution >= 0.6 is 11.3 Å². The van der Waals surface area contributed by atoms with Gasteiger partial charge in [0.05, 0.1) is 9.77 Å². The van der Waals surface area contributed by atoms with Gasteiger partial charge in [0.2, 0.25) is 0 Å². The quantitative estimate of drug-likeness (QED) is 0.458. The molecule has 1 aromatic heterocycles. The minimum absolute atomic E-state index is 0.165. The van der Waals surface area contributed by atoms with E-state index in [1.165, 1.54) is 0 Å². The lowest BCUT2D eigenvalue weighted by Gasteiger charge is -2.24. The van der Waals surface area contributed by atoms with Gasteiger partial charge in [-0.25, -0.2) is 4.21 Å². The highest BCUT2D eigenvalue weighted by Gasteiger charge is 2.25. The van der Waals surface area contributed by atoms with Gasteiger partial charge in [-0.15, -0.1) is 11.3 Å². The molecule has 0 saturated heterocycles. The smallest absolute Gasteiger partial charge is 0.186 e. The molecule has 3 N–H and O–H groups in total. The fourth-order valence-corrected chi connectivity index (χ4v) is 4.16. The number of hydrogen-bond donors (Lipinski definition) is 3. The molecule has 0 saturated carbocycles. The van der Waals surface area contributed by atoms with Gasteiger partial charge in [0, 0.05) is 28.1 Å². The normalized spacial score (nSPS) is 13.8. The van der Waals surface area contributed by atoms with E-state index in [9.17, 15) is 9.32 Å². The summed E-state index contributed by atoms with van der Waals surface area (Å²) in [5, 5.41) is 15.8. The number of fused-ring (bicyclic) bond motifs is 3. The summed E-state index contributed by atoms with van der Waals surface area (Å²) in [7, 11) is 0. The summed E-state index contributed by atoms with van der Waals surface area (Å²) in [4.78, 5) is 1.37. The minimum atomic E-state index is -2.02. The van der Waals surface area contributed by atoms with E-state index in [4.69, 9.17) is 4.55 Å². The molecule has 2 aromatic carbocycles. The average molecular weight is 355 g/mol. The molecule has 0 spiro atoms. The monoisotopic (exact) mass is 355 g/mol. The van der Waals surface area contributed by atoms with Crippen molar-refractivity contribution >= 4 is 33.8 Å². The lowest BCUT2D eigenvalue weighted by molar-refractivity contribution is 0.477. The molecule has 0 bridgehead atoms. The molecule has 24 heavy (non-hydrogen) atoms. The van der Waals surface area contributed by atoms with Gasteiger partial charge >= 0.3 is 0 Å². The standard InChI is InChI=1S/C18H13NO3S2/c1-10-18-13(8-9-23-18)17-14(19-10)6-7-15(20)16(17)11-2-4-12(5-3-11)24(21)22/h2-9,19-20H,1H2,(H,21,22). The Bertz CT molecular complexity index is 990. The molecular formula is C18H13NO3S2. The highest BCUT2D eigenvalue weighted by Crippen LogP contribution is 2.50. The first-order valence-corrected chi connectivity index (χ1v) is 9.16. The van der Waals surface area contributed by atoms with E-state index in [-0.39, 0.29) is 5.75 Å². The van der Waals surface area contributed by atoms with Crippen molar-refractivity contribution in [1.29, 1.82) is 0 Å². The van der Waals surface area contributed by atoms with Crippen LogP contribution in [0.5, 0.6) is 5.75 Å². The zero-order valence-corrected chi connectivity index (χ0v) is 14.1. The molecule has 1 aliphatic rings. The fraction of sp³-hybridized carbons (Fsp3) is 0. The number of aromatic hydroxyl groups is 1. The van der Waals surface area contributed by atoms with E-state index in [1.807, 2.05) is 17.5 Å². The first-order valence-electron chi connectivity index (χ1n) is 7.17. The molecule has 0 fully saturated rings. The van der Waals surface area contributed by atoms with Gasteiger partial charge in [-0.1, -0.05) is 18.7 Å². The first kappa shape index (κ1) is 15.1. The Morgan fingerprint density at radius 2 is 1.79 bits per heavy atom. The molecular weight excluding hydrogens is 342 g/mol. The zero-order chi connectivity index (χ0) is 16.8. The maximum absolute atomic E-state index is 11.2. The fourth-order valence-electron chi connectivity index (χ4n) is 2.96. The van der Waals surface area contributed by atoms with Crippen molar-refractivity contribution in [3.8, 4) is 28.0 Å². The summed E-state index contributed by atoms with van der Waals surface area (Å²) in [6.07, 6.45) is 0. The molecule has 1 unspecified atom stereocenters. The van der Waals surface area contributed by atoms with Crippen LogP contribution in [0.25, 0.3) is 28.0 Å². The number of phenols is 1. The molecule has 0 aliphatic carbocycles. The van der Waals surface area contributed by atoms with Crippen LogP contribution in [0.4, 0.5) is 5.69 Å². The van der Waals surface area contributed by atoms with Crippen molar-refractivity contribution in [2.45, 2.75) is 4.90 Å². The summed E-state index contributed by atoms with van der Waals surface area (Å²) >= 11 is -0.424. The number of nitrogens with one attached hydrogen (secondary N) is 1. The van der Waals surface area contributed by atoms with Crippen molar-refractivity contribution in [3.05, 3.63) is 59.3 Å². The summed E-state index contributed by atoms with van der Waals surface area (Å²) in [6, 6.07) is 12.2. The van der Waals surface area contributed by atoms with Crippen molar-refractivity contribution < 1.29 is 13.9 Å². The molecule has 0 radical (unpaired) electrons. The van der Waals surface area contributed by atoms with Gasteiger partial charge in [-0.05, 0) is 41.3 Å². The molecule has 120 valence electrons. The summed E-state index contributed by atoms with van der Waals surface area (Å²) in [6.45, 7) is 4.06. The first-order chi connectivity index (χ1) is 11.6. The van der Waals surface area contributed by atoms with Crippen LogP contribution in [0.2, 0.25) is 0 Å². The third kappa shape index (κ3) is 2.27. The van der Waals surface area contributed by atoms with E-state index in [2.05, 4.69) is 11.9 Å². The molecule has 1 atom stereocenters. The van der Waals surface area contributed by atoms with Gasteiger partial charge < -0.3 is 15.0 Å². The van der Waals surface area contributed by atoms with E-state index in [1.54, 1.807) is 41.7 Å². The predicted octanol–water partition coefficient (Wildman–Crippen LogP) is 4.76. The Labute approximate surface area is 145 Å². The van der Waals surface area contributed by atoms with Crippen LogP contribution < -0.4 is 5.32 Å². The van der Waals surface area contributed by atoms with Gasteiger partial charge in [0.1, 0.15) is 5.75 Å². The van der Waals surface area contributed by atoms with E-state index < -0.39 is 11.1 Å². The van der Waals surface area contributed by atoms with Crippen molar-refractivity contribution in [2.75, 3.05) is 5.32 Å². The Balaban J connectivity index is 1.97. The van der Waals surface area contributed by atoms with Crippen LogP contribution in [0, 0.1) is 0 Å². The zero-order valence-electron chi connectivity index (χ0n) is 12.4. The van der Waals surface area contributed by atoms with E-state index >= 15 is 0 Å². The number of benzene rings is 2. The highest BCUT2D eigenvalue weighted by molar-refractivity contribution is 7.79. The third-order valence-electron chi connectivity index (χ3n) is 4.02. The van der Waals surface area contributed by atoms with E-state index in [0.29, 0.717) is 10.5 Å². The molecule has 6 heteroatoms. The van der Waals surface area contributed by atoms with Gasteiger partial charge in [0.25, 0.3) is 0 Å². The van der Waals surface area contributed by atoms with E-state index in [0.717, 1.165) is 33.0 Å². The molecule has 2 heterocycles. The SMILES string of the molecule is C=C1Nc2ccc(O)c(-c3ccc(S(=O)O)cc3)c2-c2ccsc21.